The summed E-state index contributed by atoms with van der Waals surface area (Å²) in [7, 11) is 1.59. The van der Waals surface area contributed by atoms with Gasteiger partial charge in [-0.25, -0.2) is 0 Å². The monoisotopic (exact) mass is 327 g/mol. The topological polar surface area (TPSA) is 74.1 Å². The number of rotatable bonds is 7. The fourth-order valence-electron chi connectivity index (χ4n) is 1.42. The van der Waals surface area contributed by atoms with E-state index in [4.69, 9.17) is 33.2 Å². The van der Waals surface area contributed by atoms with Gasteiger partial charge in [-0.1, -0.05) is 23.2 Å². The van der Waals surface area contributed by atoms with E-state index in [1.807, 2.05) is 6.07 Å². The van der Waals surface area contributed by atoms with Gasteiger partial charge in [-0.2, -0.15) is 5.26 Å². The lowest BCUT2D eigenvalue weighted by molar-refractivity contribution is -0.117. The molecule has 5 nitrogen and oxygen atoms in total. The molecule has 0 aliphatic carbocycles. The number of anilines is 1. The number of halogens is 2. The third-order valence-corrected chi connectivity index (χ3v) is 3.03. The van der Waals surface area contributed by atoms with Gasteiger partial charge in [-0.15, -0.1) is 0 Å². The summed E-state index contributed by atoms with van der Waals surface area (Å²) in [6.07, 6.45) is 1.98. The van der Waals surface area contributed by atoms with Gasteiger partial charge < -0.3 is 15.4 Å². The minimum atomic E-state index is -0.453. The number of hydrogen-bond donors (Lipinski definition) is 2. The standard InChI is InChI=1S/C14H15Cl2N3O2/c1-21-6-2-5-18-14(20)10(8-17)9-19-13-4-3-11(15)7-12(13)16/h3-4,7,9,19H,2,5-6H2,1H3,(H,18,20)/b10-9-. The van der Waals surface area contributed by atoms with Crippen molar-refractivity contribution in [3.63, 3.8) is 0 Å². The first-order valence-electron chi connectivity index (χ1n) is 6.17. The maximum atomic E-state index is 11.8. The summed E-state index contributed by atoms with van der Waals surface area (Å²) >= 11 is 11.8. The molecule has 0 radical (unpaired) electrons. The molecule has 21 heavy (non-hydrogen) atoms. The van der Waals surface area contributed by atoms with Crippen molar-refractivity contribution >= 4 is 34.8 Å². The van der Waals surface area contributed by atoms with Crippen molar-refractivity contribution in [3.05, 3.63) is 40.0 Å². The van der Waals surface area contributed by atoms with Crippen LogP contribution in [0.5, 0.6) is 0 Å². The zero-order chi connectivity index (χ0) is 15.7. The van der Waals surface area contributed by atoms with Crippen LogP contribution in [-0.2, 0) is 9.53 Å². The molecule has 0 heterocycles. The number of carbonyl (C=O) groups is 1. The molecular formula is C14H15Cl2N3O2. The average Bonchev–Trinajstić information content (AvgIpc) is 2.46. The van der Waals surface area contributed by atoms with Gasteiger partial charge in [0.1, 0.15) is 11.6 Å². The van der Waals surface area contributed by atoms with Gasteiger partial charge in [0.25, 0.3) is 5.91 Å². The molecule has 0 saturated carbocycles. The van der Waals surface area contributed by atoms with Crippen molar-refractivity contribution in [1.29, 1.82) is 5.26 Å². The first kappa shape index (κ1) is 17.3. The Morgan fingerprint density at radius 3 is 2.86 bits per heavy atom. The molecule has 112 valence electrons. The Morgan fingerprint density at radius 2 is 2.24 bits per heavy atom. The molecule has 0 aliphatic heterocycles. The summed E-state index contributed by atoms with van der Waals surface area (Å²) in [6, 6.07) is 6.71. The summed E-state index contributed by atoms with van der Waals surface area (Å²) in [4.78, 5) is 11.8. The van der Waals surface area contributed by atoms with Crippen molar-refractivity contribution in [1.82, 2.24) is 5.32 Å². The highest BCUT2D eigenvalue weighted by Gasteiger charge is 2.08. The number of nitrogens with one attached hydrogen (secondary N) is 2. The van der Waals surface area contributed by atoms with Crippen molar-refractivity contribution in [2.24, 2.45) is 0 Å². The van der Waals surface area contributed by atoms with Crippen LogP contribution in [0.25, 0.3) is 0 Å². The Balaban J connectivity index is 2.63. The SMILES string of the molecule is COCCCNC(=O)/C(C#N)=C\Nc1ccc(Cl)cc1Cl. The highest BCUT2D eigenvalue weighted by molar-refractivity contribution is 6.36. The van der Waals surface area contributed by atoms with Crippen molar-refractivity contribution in [2.75, 3.05) is 25.6 Å². The van der Waals surface area contributed by atoms with Crippen LogP contribution < -0.4 is 10.6 Å². The number of methoxy groups -OCH3 is 1. The van der Waals surface area contributed by atoms with Gasteiger partial charge in [0.05, 0.1) is 10.7 Å². The van der Waals surface area contributed by atoms with Crippen LogP contribution in [0.2, 0.25) is 10.0 Å². The molecule has 1 amide bonds. The molecule has 1 aromatic carbocycles. The number of carbonyl (C=O) groups excluding carboxylic acids is 1. The van der Waals surface area contributed by atoms with Gasteiger partial charge in [-0.3, -0.25) is 4.79 Å². The lowest BCUT2D eigenvalue weighted by Gasteiger charge is -2.06. The predicted octanol–water partition coefficient (Wildman–Crippen LogP) is 2.97. The van der Waals surface area contributed by atoms with E-state index in [1.54, 1.807) is 25.3 Å². The Morgan fingerprint density at radius 1 is 1.48 bits per heavy atom. The molecule has 0 fully saturated rings. The van der Waals surface area contributed by atoms with E-state index in [1.165, 1.54) is 6.20 Å². The number of amides is 1. The minimum absolute atomic E-state index is 0.0431. The molecule has 0 bridgehead atoms. The number of benzene rings is 1. The fraction of sp³-hybridized carbons (Fsp3) is 0.286. The van der Waals surface area contributed by atoms with Crippen LogP contribution in [0, 0.1) is 11.3 Å². The third kappa shape index (κ3) is 6.05. The zero-order valence-electron chi connectivity index (χ0n) is 11.5. The number of nitrogens with zero attached hydrogens (tertiary/aromatic N) is 1. The number of nitriles is 1. The lowest BCUT2D eigenvalue weighted by Crippen LogP contribution is -2.26. The number of hydrogen-bond acceptors (Lipinski definition) is 4. The molecular weight excluding hydrogens is 313 g/mol. The van der Waals surface area contributed by atoms with Crippen LogP contribution in [0.3, 0.4) is 0 Å². The van der Waals surface area contributed by atoms with Gasteiger partial charge in [0.15, 0.2) is 0 Å². The molecule has 2 N–H and O–H groups in total. The Kier molecular flexibility index (Phi) is 7.62. The van der Waals surface area contributed by atoms with Gasteiger partial charge in [-0.05, 0) is 24.6 Å². The molecule has 0 aromatic heterocycles. The summed E-state index contributed by atoms with van der Waals surface area (Å²) < 4.78 is 4.87. The fourth-order valence-corrected chi connectivity index (χ4v) is 1.88. The van der Waals surface area contributed by atoms with Crippen LogP contribution in [0.4, 0.5) is 5.69 Å². The highest BCUT2D eigenvalue weighted by atomic mass is 35.5. The molecule has 0 aliphatic rings. The first-order chi connectivity index (χ1) is 10.1. The van der Waals surface area contributed by atoms with Crippen LogP contribution in [-0.4, -0.2) is 26.2 Å². The molecule has 0 saturated heterocycles. The van der Waals surface area contributed by atoms with E-state index in [2.05, 4.69) is 10.6 Å². The second-order valence-corrected chi connectivity index (χ2v) is 4.88. The summed E-state index contributed by atoms with van der Waals surface area (Å²) in [5.41, 5.74) is 0.513. The maximum Gasteiger partial charge on any atom is 0.263 e. The number of ether oxygens (including phenoxy) is 1. The normalized spacial score (nSPS) is 10.9. The molecule has 7 heteroatoms. The quantitative estimate of drug-likeness (QED) is 0.458. The summed E-state index contributed by atoms with van der Waals surface area (Å²) in [5.74, 6) is -0.453. The molecule has 0 atom stereocenters. The summed E-state index contributed by atoms with van der Waals surface area (Å²) in [5, 5.41) is 15.3. The van der Waals surface area contributed by atoms with E-state index in [-0.39, 0.29) is 5.57 Å². The largest absolute Gasteiger partial charge is 0.385 e. The predicted molar refractivity (Wildman–Crippen MR) is 83.3 cm³/mol. The highest BCUT2D eigenvalue weighted by Crippen LogP contribution is 2.25. The second-order valence-electron chi connectivity index (χ2n) is 4.04. The van der Waals surface area contributed by atoms with E-state index >= 15 is 0 Å². The van der Waals surface area contributed by atoms with E-state index in [0.717, 1.165) is 0 Å². The van der Waals surface area contributed by atoms with E-state index < -0.39 is 5.91 Å². The van der Waals surface area contributed by atoms with Gasteiger partial charge >= 0.3 is 0 Å². The van der Waals surface area contributed by atoms with Crippen LogP contribution in [0.15, 0.2) is 30.0 Å². The maximum absolute atomic E-state index is 11.8. The third-order valence-electron chi connectivity index (χ3n) is 2.48. The Bertz CT molecular complexity index is 568. The van der Waals surface area contributed by atoms with E-state index in [9.17, 15) is 4.79 Å². The summed E-state index contributed by atoms with van der Waals surface area (Å²) in [6.45, 7) is 0.984. The molecule has 0 unspecified atom stereocenters. The van der Waals surface area contributed by atoms with Gasteiger partial charge in [0, 0.05) is 31.5 Å². The molecule has 1 aromatic rings. The van der Waals surface area contributed by atoms with Crippen LogP contribution >= 0.6 is 23.2 Å². The molecule has 0 spiro atoms. The van der Waals surface area contributed by atoms with E-state index in [0.29, 0.717) is 35.3 Å². The first-order valence-corrected chi connectivity index (χ1v) is 6.93. The van der Waals surface area contributed by atoms with Crippen molar-refractivity contribution in [3.8, 4) is 6.07 Å². The average molecular weight is 328 g/mol. The van der Waals surface area contributed by atoms with Crippen molar-refractivity contribution < 1.29 is 9.53 Å². The zero-order valence-corrected chi connectivity index (χ0v) is 13.0. The van der Waals surface area contributed by atoms with Crippen LogP contribution in [0.1, 0.15) is 6.42 Å². The second kappa shape index (κ2) is 9.24. The smallest absolute Gasteiger partial charge is 0.263 e. The lowest BCUT2D eigenvalue weighted by atomic mass is 10.2. The minimum Gasteiger partial charge on any atom is -0.385 e. The van der Waals surface area contributed by atoms with Gasteiger partial charge in [0.2, 0.25) is 0 Å². The molecule has 1 rings (SSSR count). The van der Waals surface area contributed by atoms with Crippen molar-refractivity contribution in [2.45, 2.75) is 6.42 Å². The Labute approximate surface area is 133 Å². The Hall–Kier alpha value is -1.74.